The van der Waals surface area contributed by atoms with E-state index in [4.69, 9.17) is 32.7 Å². The lowest BCUT2D eigenvalue weighted by molar-refractivity contribution is 0.356. The summed E-state index contributed by atoms with van der Waals surface area (Å²) in [6, 6.07) is 5.96. The Hall–Kier alpha value is -2.31. The molecule has 0 aliphatic rings. The van der Waals surface area contributed by atoms with Crippen molar-refractivity contribution in [2.45, 2.75) is 0 Å². The van der Waals surface area contributed by atoms with Crippen LogP contribution in [0, 0.1) is 5.82 Å². The average molecular weight is 368 g/mol. The van der Waals surface area contributed by atoms with Crippen molar-refractivity contribution in [3.63, 3.8) is 0 Å². The van der Waals surface area contributed by atoms with Gasteiger partial charge in [-0.2, -0.15) is 0 Å². The minimum absolute atomic E-state index is 0.138. The third kappa shape index (κ3) is 3.02. The van der Waals surface area contributed by atoms with Gasteiger partial charge in [-0.1, -0.05) is 23.2 Å². The van der Waals surface area contributed by atoms with Crippen LogP contribution in [0.1, 0.15) is 0 Å². The third-order valence-electron chi connectivity index (χ3n) is 3.40. The van der Waals surface area contributed by atoms with Gasteiger partial charge in [0.25, 0.3) is 0 Å². The molecule has 3 aromatic rings. The first kappa shape index (κ1) is 16.5. The summed E-state index contributed by atoms with van der Waals surface area (Å²) in [6.45, 7) is 0. The van der Waals surface area contributed by atoms with Crippen molar-refractivity contribution in [1.29, 1.82) is 0 Å². The van der Waals surface area contributed by atoms with Crippen LogP contribution < -0.4 is 14.8 Å². The molecule has 0 amide bonds. The second-order valence-electron chi connectivity index (χ2n) is 4.82. The number of benzene rings is 2. The summed E-state index contributed by atoms with van der Waals surface area (Å²) in [5.41, 5.74) is 0.768. The number of halogens is 3. The fourth-order valence-electron chi connectivity index (χ4n) is 2.23. The molecule has 1 heterocycles. The average Bonchev–Trinajstić information content (AvgIpc) is 2.58. The first-order chi connectivity index (χ1) is 11.5. The van der Waals surface area contributed by atoms with Crippen LogP contribution in [-0.2, 0) is 0 Å². The molecule has 0 bridgehead atoms. The van der Waals surface area contributed by atoms with Gasteiger partial charge in [0.2, 0.25) is 0 Å². The van der Waals surface area contributed by atoms with Crippen molar-refractivity contribution < 1.29 is 13.9 Å². The van der Waals surface area contributed by atoms with E-state index in [0.29, 0.717) is 28.2 Å². The molecular formula is C16H12Cl2FN3O2. The zero-order valence-corrected chi connectivity index (χ0v) is 14.2. The molecule has 8 heteroatoms. The number of aromatic nitrogens is 2. The summed E-state index contributed by atoms with van der Waals surface area (Å²) in [6.07, 6.45) is 1.37. The number of ether oxygens (including phenoxy) is 2. The molecule has 0 aliphatic heterocycles. The summed E-state index contributed by atoms with van der Waals surface area (Å²) in [4.78, 5) is 8.36. The second-order valence-corrected chi connectivity index (χ2v) is 5.63. The maximum absolute atomic E-state index is 14.1. The smallest absolute Gasteiger partial charge is 0.162 e. The summed E-state index contributed by atoms with van der Waals surface area (Å²) in [5, 5.41) is 3.92. The predicted octanol–water partition coefficient (Wildman–Crippen LogP) is 4.84. The van der Waals surface area contributed by atoms with Crippen LogP contribution in [0.5, 0.6) is 11.5 Å². The number of hydrogen-bond donors (Lipinski definition) is 1. The molecule has 0 spiro atoms. The molecular weight excluding hydrogens is 356 g/mol. The minimum Gasteiger partial charge on any atom is -0.493 e. The van der Waals surface area contributed by atoms with Gasteiger partial charge in [-0.15, -0.1) is 0 Å². The number of methoxy groups -OCH3 is 2. The predicted molar refractivity (Wildman–Crippen MR) is 92.3 cm³/mol. The van der Waals surface area contributed by atoms with Gasteiger partial charge >= 0.3 is 0 Å². The maximum atomic E-state index is 14.1. The van der Waals surface area contributed by atoms with Crippen LogP contribution in [0.3, 0.4) is 0 Å². The SMILES string of the molecule is COc1cc2ncnc(Nc3cc(Cl)c(Cl)cc3F)c2cc1OC. The fourth-order valence-corrected chi connectivity index (χ4v) is 2.54. The van der Waals surface area contributed by atoms with E-state index in [9.17, 15) is 4.39 Å². The highest BCUT2D eigenvalue weighted by Crippen LogP contribution is 2.35. The highest BCUT2D eigenvalue weighted by molar-refractivity contribution is 6.42. The van der Waals surface area contributed by atoms with E-state index < -0.39 is 5.82 Å². The van der Waals surface area contributed by atoms with E-state index in [-0.39, 0.29) is 15.7 Å². The topological polar surface area (TPSA) is 56.3 Å². The summed E-state index contributed by atoms with van der Waals surface area (Å²) < 4.78 is 24.6. The number of fused-ring (bicyclic) bond motifs is 1. The van der Waals surface area contributed by atoms with Crippen LogP contribution >= 0.6 is 23.2 Å². The molecule has 5 nitrogen and oxygen atoms in total. The van der Waals surface area contributed by atoms with Crippen molar-refractivity contribution >= 4 is 45.6 Å². The molecule has 0 saturated carbocycles. The van der Waals surface area contributed by atoms with E-state index in [0.717, 1.165) is 6.07 Å². The number of anilines is 2. The van der Waals surface area contributed by atoms with Crippen LogP contribution in [0.15, 0.2) is 30.6 Å². The van der Waals surface area contributed by atoms with Gasteiger partial charge in [0.05, 0.1) is 35.5 Å². The van der Waals surface area contributed by atoms with Crippen molar-refractivity contribution in [3.05, 3.63) is 46.5 Å². The Balaban J connectivity index is 2.11. The maximum Gasteiger partial charge on any atom is 0.162 e. The normalized spacial score (nSPS) is 10.7. The minimum atomic E-state index is -0.545. The fraction of sp³-hybridized carbons (Fsp3) is 0.125. The van der Waals surface area contributed by atoms with Crippen molar-refractivity contribution in [1.82, 2.24) is 9.97 Å². The Bertz CT molecular complexity index is 921. The highest BCUT2D eigenvalue weighted by Gasteiger charge is 2.13. The summed E-state index contributed by atoms with van der Waals surface area (Å²) in [7, 11) is 3.06. The Morgan fingerprint density at radius 1 is 0.958 bits per heavy atom. The van der Waals surface area contributed by atoms with Crippen LogP contribution in [0.4, 0.5) is 15.9 Å². The van der Waals surface area contributed by atoms with Gasteiger partial charge in [0.15, 0.2) is 11.5 Å². The lowest BCUT2D eigenvalue weighted by Crippen LogP contribution is -1.99. The van der Waals surface area contributed by atoms with Crippen molar-refractivity contribution in [2.24, 2.45) is 0 Å². The van der Waals surface area contributed by atoms with E-state index in [2.05, 4.69) is 15.3 Å². The van der Waals surface area contributed by atoms with E-state index >= 15 is 0 Å². The molecule has 0 atom stereocenters. The third-order valence-corrected chi connectivity index (χ3v) is 4.13. The lowest BCUT2D eigenvalue weighted by atomic mass is 10.2. The molecule has 0 radical (unpaired) electrons. The van der Waals surface area contributed by atoms with Gasteiger partial charge in [-0.05, 0) is 18.2 Å². The van der Waals surface area contributed by atoms with E-state index in [1.165, 1.54) is 26.6 Å². The molecule has 0 saturated heterocycles. The van der Waals surface area contributed by atoms with Gasteiger partial charge in [-0.3, -0.25) is 0 Å². The summed E-state index contributed by atoms with van der Waals surface area (Å²) in [5.74, 6) is 0.905. The van der Waals surface area contributed by atoms with Crippen LogP contribution in [-0.4, -0.2) is 24.2 Å². The van der Waals surface area contributed by atoms with Crippen LogP contribution in [0.25, 0.3) is 10.9 Å². The Kier molecular flexibility index (Phi) is 4.59. The molecule has 3 rings (SSSR count). The van der Waals surface area contributed by atoms with Gasteiger partial charge in [0, 0.05) is 11.5 Å². The number of nitrogens with zero attached hydrogens (tertiary/aromatic N) is 2. The molecule has 124 valence electrons. The molecule has 1 N–H and O–H groups in total. The van der Waals surface area contributed by atoms with Gasteiger partial charge in [0.1, 0.15) is 18.0 Å². The molecule has 24 heavy (non-hydrogen) atoms. The van der Waals surface area contributed by atoms with Crippen molar-refractivity contribution in [2.75, 3.05) is 19.5 Å². The molecule has 0 aliphatic carbocycles. The van der Waals surface area contributed by atoms with Gasteiger partial charge in [-0.25, -0.2) is 14.4 Å². The zero-order chi connectivity index (χ0) is 17.3. The standard InChI is InChI=1S/C16H12Cl2FN3O2/c1-23-14-3-8-12(6-15(14)24-2)20-7-21-16(8)22-13-5-10(18)9(17)4-11(13)19/h3-7H,1-2H3,(H,20,21,22). The zero-order valence-electron chi connectivity index (χ0n) is 12.7. The molecule has 0 unspecified atom stereocenters. The van der Waals surface area contributed by atoms with E-state index in [1.807, 2.05) is 0 Å². The van der Waals surface area contributed by atoms with Crippen molar-refractivity contribution in [3.8, 4) is 11.5 Å². The largest absolute Gasteiger partial charge is 0.493 e. The van der Waals surface area contributed by atoms with Crippen LogP contribution in [0.2, 0.25) is 10.0 Å². The number of rotatable bonds is 4. The number of nitrogens with one attached hydrogen (secondary N) is 1. The second kappa shape index (κ2) is 6.67. The monoisotopic (exact) mass is 367 g/mol. The first-order valence-corrected chi connectivity index (χ1v) is 7.57. The Labute approximate surface area is 147 Å². The van der Waals surface area contributed by atoms with E-state index in [1.54, 1.807) is 12.1 Å². The number of hydrogen-bond acceptors (Lipinski definition) is 5. The first-order valence-electron chi connectivity index (χ1n) is 6.81. The Morgan fingerprint density at radius 3 is 2.33 bits per heavy atom. The summed E-state index contributed by atoms with van der Waals surface area (Å²) >= 11 is 11.8. The quantitative estimate of drug-likeness (QED) is 0.668. The van der Waals surface area contributed by atoms with Gasteiger partial charge < -0.3 is 14.8 Å². The highest BCUT2D eigenvalue weighted by atomic mass is 35.5. The lowest BCUT2D eigenvalue weighted by Gasteiger charge is -2.13. The molecule has 1 aromatic heterocycles. The Morgan fingerprint density at radius 2 is 1.62 bits per heavy atom. The molecule has 0 fully saturated rings. The molecule has 2 aromatic carbocycles.